The maximum absolute atomic E-state index is 12.4. The van der Waals surface area contributed by atoms with E-state index in [4.69, 9.17) is 4.42 Å². The van der Waals surface area contributed by atoms with Crippen molar-refractivity contribution < 1.29 is 14.0 Å². The van der Waals surface area contributed by atoms with Gasteiger partial charge in [-0.2, -0.15) is 0 Å². The molecule has 0 bridgehead atoms. The first-order chi connectivity index (χ1) is 11.6. The number of carbonyl (C=O) groups is 2. The van der Waals surface area contributed by atoms with Gasteiger partial charge in [-0.15, -0.1) is 11.3 Å². The van der Waals surface area contributed by atoms with Crippen molar-refractivity contribution in [2.24, 2.45) is 0 Å². The van der Waals surface area contributed by atoms with E-state index >= 15 is 0 Å². The van der Waals surface area contributed by atoms with E-state index in [2.05, 4.69) is 28.1 Å². The fourth-order valence-corrected chi connectivity index (χ4v) is 4.28. The molecule has 1 aliphatic rings. The zero-order chi connectivity index (χ0) is 17.0. The lowest BCUT2D eigenvalue weighted by molar-refractivity contribution is -0.122. The fraction of sp³-hybridized carbons (Fsp3) is 0.444. The van der Waals surface area contributed by atoms with Crippen molar-refractivity contribution in [1.29, 1.82) is 0 Å². The van der Waals surface area contributed by atoms with E-state index in [1.165, 1.54) is 30.2 Å². The standard InChI is InChI=1S/C18H22N2O3S/c1-13(20-17(22)14-6-9-23-11-14)16(21)19-12-18(7-2-3-8-18)15-5-4-10-24-15/h4-6,9-11,13H,2-3,7-8,12H2,1H3,(H,19,21)(H,20,22). The van der Waals surface area contributed by atoms with Crippen LogP contribution in [-0.2, 0) is 10.2 Å². The molecule has 2 N–H and O–H groups in total. The Hall–Kier alpha value is -2.08. The SMILES string of the molecule is CC(NC(=O)c1ccoc1)C(=O)NCC1(c2cccs2)CCCC1. The Balaban J connectivity index is 1.57. The number of furan rings is 1. The summed E-state index contributed by atoms with van der Waals surface area (Å²) in [4.78, 5) is 25.7. The summed E-state index contributed by atoms with van der Waals surface area (Å²) >= 11 is 1.76. The van der Waals surface area contributed by atoms with Gasteiger partial charge in [0.25, 0.3) is 5.91 Å². The summed E-state index contributed by atoms with van der Waals surface area (Å²) < 4.78 is 4.89. The van der Waals surface area contributed by atoms with Crippen molar-refractivity contribution in [1.82, 2.24) is 10.6 Å². The Morgan fingerprint density at radius 1 is 1.33 bits per heavy atom. The molecule has 24 heavy (non-hydrogen) atoms. The molecule has 0 aliphatic heterocycles. The Morgan fingerprint density at radius 2 is 2.12 bits per heavy atom. The van der Waals surface area contributed by atoms with Crippen molar-refractivity contribution in [2.45, 2.75) is 44.1 Å². The molecule has 2 amide bonds. The molecule has 2 aromatic heterocycles. The fourth-order valence-electron chi connectivity index (χ4n) is 3.29. The number of amides is 2. The van der Waals surface area contributed by atoms with E-state index in [1.807, 2.05) is 0 Å². The van der Waals surface area contributed by atoms with Gasteiger partial charge in [0, 0.05) is 16.8 Å². The quantitative estimate of drug-likeness (QED) is 0.844. The van der Waals surface area contributed by atoms with Crippen molar-refractivity contribution in [3.8, 4) is 0 Å². The lowest BCUT2D eigenvalue weighted by Crippen LogP contribution is -2.48. The van der Waals surface area contributed by atoms with Crippen LogP contribution in [-0.4, -0.2) is 24.4 Å². The molecule has 1 aliphatic carbocycles. The van der Waals surface area contributed by atoms with Crippen molar-refractivity contribution in [3.63, 3.8) is 0 Å². The second-order valence-corrected chi connectivity index (χ2v) is 7.34. The molecular formula is C18H22N2O3S. The van der Waals surface area contributed by atoms with E-state index in [9.17, 15) is 9.59 Å². The minimum Gasteiger partial charge on any atom is -0.472 e. The van der Waals surface area contributed by atoms with Crippen LogP contribution in [0.25, 0.3) is 0 Å². The minimum atomic E-state index is -0.589. The summed E-state index contributed by atoms with van der Waals surface area (Å²) in [6.07, 6.45) is 7.39. The lowest BCUT2D eigenvalue weighted by Gasteiger charge is -2.29. The summed E-state index contributed by atoms with van der Waals surface area (Å²) in [6, 6.07) is 5.21. The number of hydrogen-bond donors (Lipinski definition) is 2. The van der Waals surface area contributed by atoms with Crippen molar-refractivity contribution in [2.75, 3.05) is 6.54 Å². The van der Waals surface area contributed by atoms with Crippen molar-refractivity contribution >= 4 is 23.2 Å². The molecule has 2 aromatic rings. The topological polar surface area (TPSA) is 71.3 Å². The molecule has 1 saturated carbocycles. The van der Waals surface area contributed by atoms with Crippen LogP contribution >= 0.6 is 11.3 Å². The predicted molar refractivity (Wildman–Crippen MR) is 93.1 cm³/mol. The Bertz CT molecular complexity index is 673. The first-order valence-corrected chi connectivity index (χ1v) is 9.13. The van der Waals surface area contributed by atoms with Gasteiger partial charge >= 0.3 is 0 Å². The molecular weight excluding hydrogens is 324 g/mol. The molecule has 1 atom stereocenters. The van der Waals surface area contributed by atoms with Crippen LogP contribution in [0.3, 0.4) is 0 Å². The first kappa shape index (κ1) is 16.8. The highest BCUT2D eigenvalue weighted by atomic mass is 32.1. The normalized spacial score (nSPS) is 17.4. The number of rotatable bonds is 6. The third-order valence-corrected chi connectivity index (χ3v) is 5.85. The maximum atomic E-state index is 12.4. The third-order valence-electron chi connectivity index (χ3n) is 4.73. The highest BCUT2D eigenvalue weighted by Gasteiger charge is 2.37. The van der Waals surface area contributed by atoms with Gasteiger partial charge < -0.3 is 15.1 Å². The summed E-state index contributed by atoms with van der Waals surface area (Å²) in [5.41, 5.74) is 0.471. The molecule has 2 heterocycles. The van der Waals surface area contributed by atoms with Gasteiger partial charge in [0.15, 0.2) is 0 Å². The first-order valence-electron chi connectivity index (χ1n) is 8.25. The van der Waals surface area contributed by atoms with E-state index in [0.717, 1.165) is 12.8 Å². The van der Waals surface area contributed by atoms with E-state index in [-0.39, 0.29) is 17.2 Å². The molecule has 6 heteroatoms. The second kappa shape index (κ2) is 7.21. The van der Waals surface area contributed by atoms with E-state index in [0.29, 0.717) is 12.1 Å². The third kappa shape index (κ3) is 3.53. The van der Waals surface area contributed by atoms with Crippen LogP contribution < -0.4 is 10.6 Å². The maximum Gasteiger partial charge on any atom is 0.255 e. The molecule has 3 rings (SSSR count). The van der Waals surface area contributed by atoms with Crippen LogP contribution in [0.2, 0.25) is 0 Å². The average molecular weight is 346 g/mol. The highest BCUT2D eigenvalue weighted by Crippen LogP contribution is 2.42. The summed E-state index contributed by atoms with van der Waals surface area (Å²) in [5.74, 6) is -0.463. The van der Waals surface area contributed by atoms with Gasteiger partial charge in [-0.05, 0) is 37.3 Å². The highest BCUT2D eigenvalue weighted by molar-refractivity contribution is 7.10. The van der Waals surface area contributed by atoms with E-state index < -0.39 is 6.04 Å². The smallest absolute Gasteiger partial charge is 0.255 e. The molecule has 5 nitrogen and oxygen atoms in total. The number of carbonyl (C=O) groups excluding carboxylic acids is 2. The number of nitrogens with one attached hydrogen (secondary N) is 2. The summed E-state index contributed by atoms with van der Waals surface area (Å²) in [6.45, 7) is 2.32. The largest absolute Gasteiger partial charge is 0.472 e. The van der Waals surface area contributed by atoms with Crippen LogP contribution in [0.4, 0.5) is 0 Å². The molecule has 0 spiro atoms. The summed E-state index contributed by atoms with van der Waals surface area (Å²) in [7, 11) is 0. The van der Waals surface area contributed by atoms with Gasteiger partial charge in [-0.3, -0.25) is 9.59 Å². The molecule has 0 aromatic carbocycles. The Kier molecular flexibility index (Phi) is 5.04. The number of thiophene rings is 1. The average Bonchev–Trinajstić information content (AvgIpc) is 3.35. The van der Waals surface area contributed by atoms with E-state index in [1.54, 1.807) is 24.3 Å². The van der Waals surface area contributed by atoms with Gasteiger partial charge in [-0.1, -0.05) is 18.9 Å². The monoisotopic (exact) mass is 346 g/mol. The van der Waals surface area contributed by atoms with Crippen LogP contribution in [0.15, 0.2) is 40.5 Å². The zero-order valence-electron chi connectivity index (χ0n) is 13.7. The Labute approximate surface area is 145 Å². The minimum absolute atomic E-state index is 0.0537. The van der Waals surface area contributed by atoms with Gasteiger partial charge in [-0.25, -0.2) is 0 Å². The lowest BCUT2D eigenvalue weighted by atomic mass is 9.84. The van der Waals surface area contributed by atoms with Crippen LogP contribution in [0.1, 0.15) is 47.8 Å². The van der Waals surface area contributed by atoms with Gasteiger partial charge in [0.05, 0.1) is 11.8 Å². The molecule has 0 radical (unpaired) electrons. The predicted octanol–water partition coefficient (Wildman–Crippen LogP) is 3.09. The molecule has 0 saturated heterocycles. The second-order valence-electron chi connectivity index (χ2n) is 6.39. The van der Waals surface area contributed by atoms with Gasteiger partial charge in [0.2, 0.25) is 5.91 Å². The number of hydrogen-bond acceptors (Lipinski definition) is 4. The summed E-state index contributed by atoms with van der Waals surface area (Å²) in [5, 5.41) is 7.82. The molecule has 1 fully saturated rings. The molecule has 1 unspecified atom stereocenters. The van der Waals surface area contributed by atoms with Crippen LogP contribution in [0, 0.1) is 0 Å². The Morgan fingerprint density at radius 3 is 2.75 bits per heavy atom. The van der Waals surface area contributed by atoms with Gasteiger partial charge in [0.1, 0.15) is 12.3 Å². The molecule has 128 valence electrons. The zero-order valence-corrected chi connectivity index (χ0v) is 14.5. The van der Waals surface area contributed by atoms with Crippen LogP contribution in [0.5, 0.6) is 0 Å². The van der Waals surface area contributed by atoms with Crippen molar-refractivity contribution in [3.05, 3.63) is 46.5 Å².